The van der Waals surface area contributed by atoms with E-state index in [0.29, 0.717) is 0 Å². The number of nitrogens with zero attached hydrogens (tertiary/aromatic N) is 3. The van der Waals surface area contributed by atoms with Gasteiger partial charge in [0, 0.05) is 50.6 Å². The molecule has 52 heavy (non-hydrogen) atoms. The molecule has 0 aliphatic heterocycles. The molecule has 11 aromatic rings. The maximum Gasteiger partial charge on any atom is 0.0547 e. The molecule has 3 nitrogen and oxygen atoms in total. The quantitative estimate of drug-likeness (QED) is 0.185. The molecule has 12 rings (SSSR count). The normalized spacial score (nSPS) is 12.2. The van der Waals surface area contributed by atoms with Gasteiger partial charge in [0.25, 0.3) is 0 Å². The van der Waals surface area contributed by atoms with Crippen LogP contribution in [0.4, 0.5) is 0 Å². The number of para-hydroxylation sites is 2. The Morgan fingerprint density at radius 2 is 1.02 bits per heavy atom. The first kappa shape index (κ1) is 27.8. The van der Waals surface area contributed by atoms with Crippen LogP contribution in [-0.2, 0) is 0 Å². The van der Waals surface area contributed by atoms with Gasteiger partial charge in [-0.05, 0) is 111 Å². The lowest BCUT2D eigenvalue weighted by molar-refractivity contribution is 1.18. The van der Waals surface area contributed by atoms with E-state index in [1.54, 1.807) is 0 Å². The summed E-state index contributed by atoms with van der Waals surface area (Å²) in [5.41, 5.74) is 14.6. The SMILES string of the molecule is c1ccc(-n2c3ccccc3c3cc(-c4ccc5c(c4)c4cc6ccccc6cc4n5-c4ccc5c6c(cccc46)-c4ccncc4-5)ccc32)cc1. The summed E-state index contributed by atoms with van der Waals surface area (Å²) in [6.07, 6.45) is 3.91. The Hall–Kier alpha value is -6.97. The average molecular weight is 660 g/mol. The van der Waals surface area contributed by atoms with Gasteiger partial charge >= 0.3 is 0 Å². The third-order valence-corrected chi connectivity index (χ3v) is 11.3. The lowest BCUT2D eigenvalue weighted by Gasteiger charge is -2.14. The van der Waals surface area contributed by atoms with Crippen LogP contribution in [0.25, 0.3) is 110 Å². The monoisotopic (exact) mass is 659 g/mol. The number of aromatic nitrogens is 3. The van der Waals surface area contributed by atoms with Crippen LogP contribution in [0.3, 0.4) is 0 Å². The molecule has 240 valence electrons. The van der Waals surface area contributed by atoms with E-state index in [-0.39, 0.29) is 0 Å². The second kappa shape index (κ2) is 10.3. The van der Waals surface area contributed by atoms with E-state index >= 15 is 0 Å². The van der Waals surface area contributed by atoms with E-state index in [0.717, 1.165) is 0 Å². The standard InChI is InChI=1S/C49H29N3/c1-2-11-34(12-3-1)51-44-16-7-6-13-36(44)40-26-32(17-20-46(40)51)33-18-21-47-41(27-33)42-25-30-9-4-5-10-31(30)28-48(42)52(47)45-22-19-38-43-29-50-24-23-35(43)37-14-8-15-39(45)49(37)38/h1-29H. The molecule has 1 aliphatic carbocycles. The van der Waals surface area contributed by atoms with Gasteiger partial charge in [0.2, 0.25) is 0 Å². The Balaban J connectivity index is 1.12. The van der Waals surface area contributed by atoms with E-state index in [2.05, 4.69) is 178 Å². The smallest absolute Gasteiger partial charge is 0.0547 e. The van der Waals surface area contributed by atoms with Gasteiger partial charge in [-0.15, -0.1) is 0 Å². The largest absolute Gasteiger partial charge is 0.309 e. The molecule has 0 atom stereocenters. The van der Waals surface area contributed by atoms with Crippen molar-refractivity contribution < 1.29 is 0 Å². The van der Waals surface area contributed by atoms with Crippen molar-refractivity contribution in [1.29, 1.82) is 0 Å². The number of rotatable bonds is 3. The highest BCUT2D eigenvalue weighted by molar-refractivity contribution is 6.20. The van der Waals surface area contributed by atoms with Gasteiger partial charge in [0.15, 0.2) is 0 Å². The fourth-order valence-corrected chi connectivity index (χ4v) is 9.03. The molecule has 3 heterocycles. The van der Waals surface area contributed by atoms with Crippen molar-refractivity contribution in [1.82, 2.24) is 14.1 Å². The minimum atomic E-state index is 1.17. The van der Waals surface area contributed by atoms with Crippen LogP contribution in [0.5, 0.6) is 0 Å². The van der Waals surface area contributed by atoms with Crippen molar-refractivity contribution in [2.45, 2.75) is 0 Å². The zero-order valence-corrected chi connectivity index (χ0v) is 28.1. The Kier molecular flexibility index (Phi) is 5.50. The summed E-state index contributed by atoms with van der Waals surface area (Å²) in [5, 5.41) is 10.1. The number of pyridine rings is 1. The van der Waals surface area contributed by atoms with E-state index < -0.39 is 0 Å². The molecule has 0 bridgehead atoms. The first-order valence-corrected chi connectivity index (χ1v) is 17.9. The highest BCUT2D eigenvalue weighted by Gasteiger charge is 2.24. The Morgan fingerprint density at radius 3 is 1.87 bits per heavy atom. The molecule has 0 spiro atoms. The first-order valence-electron chi connectivity index (χ1n) is 17.9. The summed E-state index contributed by atoms with van der Waals surface area (Å²) in [4.78, 5) is 4.48. The van der Waals surface area contributed by atoms with E-state index in [1.165, 1.54) is 110 Å². The molecule has 0 saturated carbocycles. The van der Waals surface area contributed by atoms with Gasteiger partial charge in [-0.25, -0.2) is 0 Å². The van der Waals surface area contributed by atoms with Gasteiger partial charge in [0.05, 0.1) is 27.8 Å². The molecule has 0 unspecified atom stereocenters. The topological polar surface area (TPSA) is 22.8 Å². The molecule has 3 heteroatoms. The summed E-state index contributed by atoms with van der Waals surface area (Å²) in [5.74, 6) is 0. The molecule has 0 saturated heterocycles. The minimum absolute atomic E-state index is 1.17. The van der Waals surface area contributed by atoms with Crippen molar-refractivity contribution in [3.63, 3.8) is 0 Å². The van der Waals surface area contributed by atoms with Crippen molar-refractivity contribution in [3.05, 3.63) is 176 Å². The third-order valence-electron chi connectivity index (χ3n) is 11.3. The van der Waals surface area contributed by atoms with Crippen LogP contribution in [-0.4, -0.2) is 14.1 Å². The Bertz CT molecular complexity index is 3260. The van der Waals surface area contributed by atoms with Crippen LogP contribution < -0.4 is 0 Å². The zero-order valence-electron chi connectivity index (χ0n) is 28.1. The van der Waals surface area contributed by atoms with Crippen LogP contribution in [0.15, 0.2) is 176 Å². The summed E-state index contributed by atoms with van der Waals surface area (Å²) < 4.78 is 4.87. The lowest BCUT2D eigenvalue weighted by atomic mass is 10.00. The molecule has 8 aromatic carbocycles. The molecular formula is C49H29N3. The van der Waals surface area contributed by atoms with Crippen molar-refractivity contribution in [2.75, 3.05) is 0 Å². The molecule has 0 N–H and O–H groups in total. The maximum absolute atomic E-state index is 4.48. The zero-order chi connectivity index (χ0) is 33.9. The summed E-state index contributed by atoms with van der Waals surface area (Å²) in [6.45, 7) is 0. The van der Waals surface area contributed by atoms with Gasteiger partial charge in [0.1, 0.15) is 0 Å². The molecule has 3 aromatic heterocycles. The van der Waals surface area contributed by atoms with Crippen LogP contribution in [0, 0.1) is 0 Å². The van der Waals surface area contributed by atoms with Crippen molar-refractivity contribution in [2.24, 2.45) is 0 Å². The second-order valence-electron chi connectivity index (χ2n) is 14.0. The van der Waals surface area contributed by atoms with Gasteiger partial charge in [-0.2, -0.15) is 0 Å². The number of benzene rings is 8. The van der Waals surface area contributed by atoms with Crippen LogP contribution in [0.1, 0.15) is 0 Å². The predicted molar refractivity (Wildman–Crippen MR) is 218 cm³/mol. The van der Waals surface area contributed by atoms with E-state index in [9.17, 15) is 0 Å². The highest BCUT2D eigenvalue weighted by atomic mass is 15.0. The molecule has 0 fully saturated rings. The molecule has 0 amide bonds. The summed E-state index contributed by atoms with van der Waals surface area (Å²) >= 11 is 0. The first-order chi connectivity index (χ1) is 25.8. The number of fused-ring (bicyclic) bond motifs is 10. The summed E-state index contributed by atoms with van der Waals surface area (Å²) in [6, 6.07) is 60.4. The predicted octanol–water partition coefficient (Wildman–Crippen LogP) is 12.9. The summed E-state index contributed by atoms with van der Waals surface area (Å²) in [7, 11) is 0. The van der Waals surface area contributed by atoms with Crippen LogP contribution >= 0.6 is 0 Å². The van der Waals surface area contributed by atoms with Gasteiger partial charge < -0.3 is 9.13 Å². The Labute approximate surface area is 299 Å². The van der Waals surface area contributed by atoms with Gasteiger partial charge in [-0.3, -0.25) is 4.98 Å². The fourth-order valence-electron chi connectivity index (χ4n) is 9.03. The number of hydrogen-bond donors (Lipinski definition) is 0. The second-order valence-corrected chi connectivity index (χ2v) is 14.0. The van der Waals surface area contributed by atoms with Crippen molar-refractivity contribution >= 4 is 65.2 Å². The maximum atomic E-state index is 4.48. The van der Waals surface area contributed by atoms with E-state index in [4.69, 9.17) is 0 Å². The third kappa shape index (κ3) is 3.72. The molecule has 1 aliphatic rings. The van der Waals surface area contributed by atoms with E-state index in [1.807, 2.05) is 12.4 Å². The number of hydrogen-bond acceptors (Lipinski definition) is 1. The molecule has 0 radical (unpaired) electrons. The molecular weight excluding hydrogens is 631 g/mol. The highest BCUT2D eigenvalue weighted by Crippen LogP contribution is 2.49. The average Bonchev–Trinajstić information content (AvgIpc) is 3.83. The lowest BCUT2D eigenvalue weighted by Crippen LogP contribution is -1.96. The minimum Gasteiger partial charge on any atom is -0.309 e. The Morgan fingerprint density at radius 1 is 0.365 bits per heavy atom. The van der Waals surface area contributed by atoms with Crippen LogP contribution in [0.2, 0.25) is 0 Å². The van der Waals surface area contributed by atoms with Gasteiger partial charge in [-0.1, -0.05) is 97.1 Å². The van der Waals surface area contributed by atoms with Crippen molar-refractivity contribution in [3.8, 4) is 44.8 Å². The fraction of sp³-hybridized carbons (Fsp3) is 0.